The van der Waals surface area contributed by atoms with E-state index in [0.717, 1.165) is 24.5 Å². The lowest BCUT2D eigenvalue weighted by atomic mass is 10.2. The van der Waals surface area contributed by atoms with Crippen LogP contribution in [0.2, 0.25) is 0 Å². The first-order valence-electron chi connectivity index (χ1n) is 5.99. The first kappa shape index (κ1) is 13.9. The van der Waals surface area contributed by atoms with Crippen molar-refractivity contribution >= 4 is 5.95 Å². The average molecular weight is 238 g/mol. The molecule has 2 N–H and O–H groups in total. The molecule has 0 aliphatic rings. The summed E-state index contributed by atoms with van der Waals surface area (Å²) < 4.78 is 5.16. The van der Waals surface area contributed by atoms with Gasteiger partial charge < -0.3 is 15.4 Å². The van der Waals surface area contributed by atoms with Crippen molar-refractivity contribution < 1.29 is 4.74 Å². The van der Waals surface area contributed by atoms with Gasteiger partial charge in [-0.2, -0.15) is 0 Å². The highest BCUT2D eigenvalue weighted by molar-refractivity contribution is 5.31. The summed E-state index contributed by atoms with van der Waals surface area (Å²) in [5.41, 5.74) is 6.57. The lowest BCUT2D eigenvalue weighted by Crippen LogP contribution is -2.37. The summed E-state index contributed by atoms with van der Waals surface area (Å²) in [4.78, 5) is 10.9. The molecule has 0 bridgehead atoms. The number of hydrogen-bond acceptors (Lipinski definition) is 5. The standard InChI is InChI=1S/C12H22N4O/c1-4-16(10(2)9-17-3)12-14-7-11(5-6-13)8-15-12/h7-8,10H,4-6,9,13H2,1-3H3. The molecule has 5 heteroatoms. The van der Waals surface area contributed by atoms with Crippen molar-refractivity contribution in [3.05, 3.63) is 18.0 Å². The van der Waals surface area contributed by atoms with Crippen molar-refractivity contribution in [1.82, 2.24) is 9.97 Å². The molecule has 1 aromatic rings. The molecule has 1 unspecified atom stereocenters. The van der Waals surface area contributed by atoms with Gasteiger partial charge in [0.1, 0.15) is 0 Å². The maximum atomic E-state index is 5.49. The van der Waals surface area contributed by atoms with Gasteiger partial charge in [-0.25, -0.2) is 9.97 Å². The smallest absolute Gasteiger partial charge is 0.225 e. The number of nitrogens with two attached hydrogens (primary N) is 1. The number of hydrogen-bond donors (Lipinski definition) is 1. The molecule has 96 valence electrons. The molecule has 0 saturated heterocycles. The molecule has 0 spiro atoms. The molecular weight excluding hydrogens is 216 g/mol. The van der Waals surface area contributed by atoms with E-state index >= 15 is 0 Å². The summed E-state index contributed by atoms with van der Waals surface area (Å²) in [6, 6.07) is 0.269. The second-order valence-corrected chi connectivity index (χ2v) is 4.02. The molecule has 1 aromatic heterocycles. The Balaban J connectivity index is 2.74. The second-order valence-electron chi connectivity index (χ2n) is 4.02. The van der Waals surface area contributed by atoms with Crippen molar-refractivity contribution in [2.75, 3.05) is 31.7 Å². The van der Waals surface area contributed by atoms with Gasteiger partial charge in [0.15, 0.2) is 0 Å². The Kier molecular flexibility index (Phi) is 5.86. The fourth-order valence-corrected chi connectivity index (χ4v) is 1.77. The maximum absolute atomic E-state index is 5.49. The van der Waals surface area contributed by atoms with E-state index in [9.17, 15) is 0 Å². The molecule has 0 aliphatic carbocycles. The Morgan fingerprint density at radius 2 is 2.06 bits per heavy atom. The minimum absolute atomic E-state index is 0.269. The molecular formula is C12H22N4O. The third kappa shape index (κ3) is 3.94. The number of nitrogens with zero attached hydrogens (tertiary/aromatic N) is 3. The lowest BCUT2D eigenvalue weighted by Gasteiger charge is -2.27. The van der Waals surface area contributed by atoms with Crippen LogP contribution in [0.3, 0.4) is 0 Å². The summed E-state index contributed by atoms with van der Waals surface area (Å²) >= 11 is 0. The molecule has 17 heavy (non-hydrogen) atoms. The van der Waals surface area contributed by atoms with Crippen LogP contribution in [0.1, 0.15) is 19.4 Å². The van der Waals surface area contributed by atoms with E-state index in [2.05, 4.69) is 28.7 Å². The highest BCUT2D eigenvalue weighted by atomic mass is 16.5. The molecule has 1 heterocycles. The number of likely N-dealkylation sites (N-methyl/N-ethyl adjacent to an activating group) is 1. The van der Waals surface area contributed by atoms with Crippen LogP contribution in [0, 0.1) is 0 Å². The van der Waals surface area contributed by atoms with Crippen LogP contribution in [0.4, 0.5) is 5.95 Å². The van der Waals surface area contributed by atoms with Crippen LogP contribution >= 0.6 is 0 Å². The number of anilines is 1. The number of aromatic nitrogens is 2. The molecule has 0 fully saturated rings. The van der Waals surface area contributed by atoms with Gasteiger partial charge in [-0.3, -0.25) is 0 Å². The van der Waals surface area contributed by atoms with Crippen LogP contribution in [0.15, 0.2) is 12.4 Å². The highest BCUT2D eigenvalue weighted by Crippen LogP contribution is 2.11. The van der Waals surface area contributed by atoms with Gasteiger partial charge in [0.05, 0.1) is 12.6 Å². The van der Waals surface area contributed by atoms with Gasteiger partial charge in [0, 0.05) is 26.0 Å². The maximum Gasteiger partial charge on any atom is 0.225 e. The van der Waals surface area contributed by atoms with E-state index < -0.39 is 0 Å². The number of methoxy groups -OCH3 is 1. The minimum atomic E-state index is 0.269. The Morgan fingerprint density at radius 1 is 1.41 bits per heavy atom. The van der Waals surface area contributed by atoms with Crippen molar-refractivity contribution in [2.45, 2.75) is 26.3 Å². The second kappa shape index (κ2) is 7.19. The van der Waals surface area contributed by atoms with Gasteiger partial charge in [-0.1, -0.05) is 0 Å². The summed E-state index contributed by atoms with van der Waals surface area (Å²) in [6.07, 6.45) is 4.51. The van der Waals surface area contributed by atoms with Gasteiger partial charge in [-0.05, 0) is 32.4 Å². The summed E-state index contributed by atoms with van der Waals surface area (Å²) in [5.74, 6) is 0.748. The first-order chi connectivity index (χ1) is 8.22. The Hall–Kier alpha value is -1.20. The Labute approximate surface area is 103 Å². The third-order valence-corrected chi connectivity index (χ3v) is 2.66. The van der Waals surface area contributed by atoms with Crippen LogP contribution in [-0.2, 0) is 11.2 Å². The zero-order valence-corrected chi connectivity index (χ0v) is 10.9. The van der Waals surface area contributed by atoms with Gasteiger partial charge >= 0.3 is 0 Å². The molecule has 0 amide bonds. The van der Waals surface area contributed by atoms with Crippen LogP contribution in [0.25, 0.3) is 0 Å². The largest absolute Gasteiger partial charge is 0.383 e. The van der Waals surface area contributed by atoms with Crippen molar-refractivity contribution in [1.29, 1.82) is 0 Å². The van der Waals surface area contributed by atoms with Crippen molar-refractivity contribution in [2.24, 2.45) is 5.73 Å². The molecule has 1 atom stereocenters. The molecule has 0 aliphatic heterocycles. The topological polar surface area (TPSA) is 64.3 Å². The van der Waals surface area contributed by atoms with E-state index in [1.54, 1.807) is 7.11 Å². The quantitative estimate of drug-likeness (QED) is 0.762. The van der Waals surface area contributed by atoms with Crippen molar-refractivity contribution in [3.8, 4) is 0 Å². The van der Waals surface area contributed by atoms with E-state index in [1.165, 1.54) is 0 Å². The van der Waals surface area contributed by atoms with E-state index in [1.807, 2.05) is 12.4 Å². The molecule has 0 radical (unpaired) electrons. The van der Waals surface area contributed by atoms with Gasteiger partial charge in [-0.15, -0.1) is 0 Å². The highest BCUT2D eigenvalue weighted by Gasteiger charge is 2.14. The van der Waals surface area contributed by atoms with Crippen LogP contribution in [0.5, 0.6) is 0 Å². The summed E-state index contributed by atoms with van der Waals surface area (Å²) in [5, 5.41) is 0. The predicted octanol–water partition coefficient (Wildman–Crippen LogP) is 0.839. The first-order valence-corrected chi connectivity index (χ1v) is 5.99. The van der Waals surface area contributed by atoms with E-state index in [0.29, 0.717) is 13.2 Å². The van der Waals surface area contributed by atoms with Crippen molar-refractivity contribution in [3.63, 3.8) is 0 Å². The van der Waals surface area contributed by atoms with Crippen LogP contribution in [-0.4, -0.2) is 42.8 Å². The fourth-order valence-electron chi connectivity index (χ4n) is 1.77. The Morgan fingerprint density at radius 3 is 2.53 bits per heavy atom. The SMILES string of the molecule is CCN(c1ncc(CCN)cn1)C(C)COC. The van der Waals surface area contributed by atoms with Gasteiger partial charge in [0.25, 0.3) is 0 Å². The molecule has 0 saturated carbocycles. The fraction of sp³-hybridized carbons (Fsp3) is 0.667. The molecule has 1 rings (SSSR count). The predicted molar refractivity (Wildman–Crippen MR) is 69.1 cm³/mol. The number of rotatable bonds is 7. The monoisotopic (exact) mass is 238 g/mol. The molecule has 5 nitrogen and oxygen atoms in total. The minimum Gasteiger partial charge on any atom is -0.383 e. The lowest BCUT2D eigenvalue weighted by molar-refractivity contribution is 0.181. The zero-order valence-electron chi connectivity index (χ0n) is 10.9. The van der Waals surface area contributed by atoms with E-state index in [-0.39, 0.29) is 6.04 Å². The van der Waals surface area contributed by atoms with Gasteiger partial charge in [0.2, 0.25) is 5.95 Å². The summed E-state index contributed by atoms with van der Waals surface area (Å²) in [6.45, 7) is 6.34. The normalized spacial score (nSPS) is 12.5. The Bertz CT molecular complexity index is 315. The summed E-state index contributed by atoms with van der Waals surface area (Å²) in [7, 11) is 1.70. The van der Waals surface area contributed by atoms with E-state index in [4.69, 9.17) is 10.5 Å². The van der Waals surface area contributed by atoms with Crippen LogP contribution < -0.4 is 10.6 Å². The zero-order chi connectivity index (χ0) is 12.7. The molecule has 0 aromatic carbocycles. The number of ether oxygens (including phenoxy) is 1. The average Bonchev–Trinajstić information content (AvgIpc) is 2.33. The third-order valence-electron chi connectivity index (χ3n) is 2.66.